The number of fused-ring (bicyclic) bond motifs is 1. The van der Waals surface area contributed by atoms with Crippen molar-refractivity contribution in [3.05, 3.63) is 70.4 Å². The van der Waals surface area contributed by atoms with Crippen LogP contribution in [0.15, 0.2) is 48.5 Å². The molecule has 0 saturated carbocycles. The number of nitrogens with zero attached hydrogens (tertiary/aromatic N) is 1. The van der Waals surface area contributed by atoms with E-state index in [0.29, 0.717) is 17.1 Å². The topological polar surface area (TPSA) is 66.5 Å². The van der Waals surface area contributed by atoms with Gasteiger partial charge in [-0.2, -0.15) is 0 Å². The smallest absolute Gasteiger partial charge is 0.250 e. The molecule has 26 heavy (non-hydrogen) atoms. The Morgan fingerprint density at radius 3 is 2.58 bits per heavy atom. The molecule has 0 aliphatic carbocycles. The van der Waals surface area contributed by atoms with Crippen LogP contribution in [0.25, 0.3) is 11.3 Å². The number of aromatic nitrogens is 1. The molecule has 2 heterocycles. The lowest BCUT2D eigenvalue weighted by Gasteiger charge is -2.13. The summed E-state index contributed by atoms with van der Waals surface area (Å²) in [5, 5.41) is 0.662. The van der Waals surface area contributed by atoms with Gasteiger partial charge in [0.05, 0.1) is 5.56 Å². The Labute approximate surface area is 155 Å². The van der Waals surface area contributed by atoms with Crippen molar-refractivity contribution in [1.29, 1.82) is 0 Å². The van der Waals surface area contributed by atoms with Crippen LogP contribution in [0.1, 0.15) is 21.6 Å². The van der Waals surface area contributed by atoms with E-state index in [-0.39, 0.29) is 6.79 Å². The molecule has 2 aromatic carbocycles. The molecule has 0 unspecified atom stereocenters. The van der Waals surface area contributed by atoms with Gasteiger partial charge in [0.2, 0.25) is 6.79 Å². The third-order valence-corrected chi connectivity index (χ3v) is 4.80. The van der Waals surface area contributed by atoms with Crippen molar-refractivity contribution in [2.24, 2.45) is 5.73 Å². The minimum absolute atomic E-state index is 0.239. The molecular weight excluding hydrogens is 352 g/mol. The zero-order valence-electron chi connectivity index (χ0n) is 14.2. The summed E-state index contributed by atoms with van der Waals surface area (Å²) >= 11 is 6.00. The number of carbonyl (C=O) groups excluding carboxylic acids is 1. The molecule has 0 saturated heterocycles. The van der Waals surface area contributed by atoms with Crippen LogP contribution in [0.5, 0.6) is 11.5 Å². The van der Waals surface area contributed by atoms with Gasteiger partial charge in [0, 0.05) is 23.0 Å². The summed E-state index contributed by atoms with van der Waals surface area (Å²) in [4.78, 5) is 11.8. The minimum atomic E-state index is -0.442. The summed E-state index contributed by atoms with van der Waals surface area (Å²) in [6, 6.07) is 15.2. The van der Waals surface area contributed by atoms with Crippen molar-refractivity contribution < 1.29 is 14.3 Å². The van der Waals surface area contributed by atoms with E-state index in [2.05, 4.69) is 4.57 Å². The molecule has 6 heteroatoms. The maximum absolute atomic E-state index is 11.8. The molecule has 1 aliphatic rings. The van der Waals surface area contributed by atoms with Gasteiger partial charge in [0.25, 0.3) is 5.91 Å². The van der Waals surface area contributed by atoms with Gasteiger partial charge in [-0.1, -0.05) is 29.8 Å². The number of benzene rings is 2. The largest absolute Gasteiger partial charge is 0.454 e. The standard InChI is InChI=1S/C20H17ClN2O3/c1-12-16(20(22)24)9-17(14-3-5-15(21)6-4-14)23(12)10-13-2-7-18-19(8-13)26-11-25-18/h2-9H,10-11H2,1H3,(H2,22,24). The average Bonchev–Trinajstić information content (AvgIpc) is 3.21. The van der Waals surface area contributed by atoms with Crippen molar-refractivity contribution in [3.8, 4) is 22.8 Å². The molecule has 0 spiro atoms. The summed E-state index contributed by atoms with van der Waals surface area (Å²) in [6.07, 6.45) is 0. The number of hydrogen-bond donors (Lipinski definition) is 1. The number of hydrogen-bond acceptors (Lipinski definition) is 3. The first-order valence-corrected chi connectivity index (χ1v) is 8.55. The Hall–Kier alpha value is -2.92. The SMILES string of the molecule is Cc1c(C(N)=O)cc(-c2ccc(Cl)cc2)n1Cc1ccc2c(c1)OCO2. The highest BCUT2D eigenvalue weighted by Crippen LogP contribution is 2.34. The second kappa shape index (κ2) is 6.42. The second-order valence-corrected chi connectivity index (χ2v) is 6.61. The van der Waals surface area contributed by atoms with E-state index in [1.54, 1.807) is 0 Å². The van der Waals surface area contributed by atoms with Gasteiger partial charge in [0.1, 0.15) is 0 Å². The number of rotatable bonds is 4. The molecule has 0 bridgehead atoms. The van der Waals surface area contributed by atoms with E-state index in [4.69, 9.17) is 26.8 Å². The van der Waals surface area contributed by atoms with Gasteiger partial charge >= 0.3 is 0 Å². The second-order valence-electron chi connectivity index (χ2n) is 6.17. The first-order valence-electron chi connectivity index (χ1n) is 8.17. The Morgan fingerprint density at radius 2 is 1.85 bits per heavy atom. The van der Waals surface area contributed by atoms with Gasteiger partial charge < -0.3 is 19.8 Å². The van der Waals surface area contributed by atoms with E-state index in [9.17, 15) is 4.79 Å². The van der Waals surface area contributed by atoms with Crippen LogP contribution in [-0.2, 0) is 6.54 Å². The lowest BCUT2D eigenvalue weighted by molar-refractivity contribution is 0.0999. The fraction of sp³-hybridized carbons (Fsp3) is 0.150. The van der Waals surface area contributed by atoms with Crippen LogP contribution in [0, 0.1) is 6.92 Å². The minimum Gasteiger partial charge on any atom is -0.454 e. The van der Waals surface area contributed by atoms with E-state index >= 15 is 0 Å². The van der Waals surface area contributed by atoms with Gasteiger partial charge in [-0.15, -0.1) is 0 Å². The lowest BCUT2D eigenvalue weighted by Crippen LogP contribution is -2.12. The van der Waals surface area contributed by atoms with Crippen molar-refractivity contribution >= 4 is 17.5 Å². The highest BCUT2D eigenvalue weighted by atomic mass is 35.5. The molecular formula is C20H17ClN2O3. The molecule has 1 amide bonds. The number of primary amides is 1. The highest BCUT2D eigenvalue weighted by Gasteiger charge is 2.18. The molecule has 3 aromatic rings. The Bertz CT molecular complexity index is 993. The third kappa shape index (κ3) is 2.91. The van der Waals surface area contributed by atoms with E-state index in [0.717, 1.165) is 34.0 Å². The third-order valence-electron chi connectivity index (χ3n) is 4.55. The number of nitrogens with two attached hydrogens (primary N) is 1. The van der Waals surface area contributed by atoms with Gasteiger partial charge in [-0.3, -0.25) is 4.79 Å². The molecule has 132 valence electrons. The van der Waals surface area contributed by atoms with Gasteiger partial charge in [0.15, 0.2) is 11.5 Å². The van der Waals surface area contributed by atoms with Crippen LogP contribution < -0.4 is 15.2 Å². The number of carbonyl (C=O) groups is 1. The lowest BCUT2D eigenvalue weighted by atomic mass is 10.1. The first-order chi connectivity index (χ1) is 12.5. The Balaban J connectivity index is 1.78. The zero-order valence-corrected chi connectivity index (χ0v) is 14.9. The summed E-state index contributed by atoms with van der Waals surface area (Å²) in [5.74, 6) is 1.03. The van der Waals surface area contributed by atoms with Crippen LogP contribution in [0.2, 0.25) is 5.02 Å². The fourth-order valence-electron chi connectivity index (χ4n) is 3.18. The van der Waals surface area contributed by atoms with Crippen LogP contribution in [-0.4, -0.2) is 17.3 Å². The predicted molar refractivity (Wildman–Crippen MR) is 99.8 cm³/mol. The maximum atomic E-state index is 11.8. The van der Waals surface area contributed by atoms with Crippen molar-refractivity contribution in [2.75, 3.05) is 6.79 Å². The van der Waals surface area contributed by atoms with E-state index < -0.39 is 5.91 Å². The quantitative estimate of drug-likeness (QED) is 0.757. The van der Waals surface area contributed by atoms with Crippen molar-refractivity contribution in [3.63, 3.8) is 0 Å². The molecule has 2 N–H and O–H groups in total. The summed E-state index contributed by atoms with van der Waals surface area (Å²) in [7, 11) is 0. The number of halogens is 1. The molecule has 5 nitrogen and oxygen atoms in total. The monoisotopic (exact) mass is 368 g/mol. The first kappa shape index (κ1) is 16.5. The van der Waals surface area contributed by atoms with Crippen molar-refractivity contribution in [1.82, 2.24) is 4.57 Å². The number of ether oxygens (including phenoxy) is 2. The molecule has 0 atom stereocenters. The molecule has 0 radical (unpaired) electrons. The van der Waals surface area contributed by atoms with Crippen molar-refractivity contribution in [2.45, 2.75) is 13.5 Å². The van der Waals surface area contributed by atoms with Gasteiger partial charge in [-0.25, -0.2) is 0 Å². The number of amides is 1. The summed E-state index contributed by atoms with van der Waals surface area (Å²) in [6.45, 7) is 2.71. The molecule has 1 aromatic heterocycles. The van der Waals surface area contributed by atoms with E-state index in [1.807, 2.05) is 55.5 Å². The predicted octanol–water partition coefficient (Wildman–Crippen LogP) is 3.99. The highest BCUT2D eigenvalue weighted by molar-refractivity contribution is 6.30. The van der Waals surface area contributed by atoms with Crippen LogP contribution in [0.3, 0.4) is 0 Å². The summed E-state index contributed by atoms with van der Waals surface area (Å²) < 4.78 is 12.9. The van der Waals surface area contributed by atoms with Gasteiger partial charge in [-0.05, 0) is 48.4 Å². The van der Waals surface area contributed by atoms with E-state index in [1.165, 1.54) is 0 Å². The summed E-state index contributed by atoms with van der Waals surface area (Å²) in [5.41, 5.74) is 9.80. The van der Waals surface area contributed by atoms with Crippen LogP contribution >= 0.6 is 11.6 Å². The normalized spacial score (nSPS) is 12.4. The Kier molecular flexibility index (Phi) is 4.09. The molecule has 4 rings (SSSR count). The Morgan fingerprint density at radius 1 is 1.12 bits per heavy atom. The molecule has 0 fully saturated rings. The fourth-order valence-corrected chi connectivity index (χ4v) is 3.31. The average molecular weight is 369 g/mol. The maximum Gasteiger partial charge on any atom is 0.250 e. The van der Waals surface area contributed by atoms with Crippen LogP contribution in [0.4, 0.5) is 0 Å². The molecule has 1 aliphatic heterocycles. The zero-order chi connectivity index (χ0) is 18.3.